The van der Waals surface area contributed by atoms with Crippen LogP contribution >= 0.6 is 11.3 Å². The summed E-state index contributed by atoms with van der Waals surface area (Å²) in [7, 11) is 0. The standard InChI is InChI=1S/C21H22FN3O3S/c1-14-4-2-3-10-23(14)18(26)13-24-17-9-11-29-19(17)20(27)25(21(24)28)12-15-5-7-16(22)8-6-15/h5-9,11,14H,2-4,10,12-13H2,1H3. The highest BCUT2D eigenvalue weighted by Crippen LogP contribution is 2.19. The lowest BCUT2D eigenvalue weighted by Crippen LogP contribution is -2.47. The van der Waals surface area contributed by atoms with Crippen molar-refractivity contribution in [3.63, 3.8) is 0 Å². The van der Waals surface area contributed by atoms with Gasteiger partial charge in [0.2, 0.25) is 5.91 Å². The summed E-state index contributed by atoms with van der Waals surface area (Å²) >= 11 is 1.25. The molecule has 29 heavy (non-hydrogen) atoms. The lowest BCUT2D eigenvalue weighted by atomic mass is 10.0. The minimum atomic E-state index is -0.525. The highest BCUT2D eigenvalue weighted by Gasteiger charge is 2.25. The summed E-state index contributed by atoms with van der Waals surface area (Å²) in [5.41, 5.74) is 0.213. The summed E-state index contributed by atoms with van der Waals surface area (Å²) in [4.78, 5) is 40.8. The number of carbonyl (C=O) groups excluding carboxylic acids is 1. The third kappa shape index (κ3) is 3.76. The van der Waals surface area contributed by atoms with Gasteiger partial charge in [-0.1, -0.05) is 12.1 Å². The van der Waals surface area contributed by atoms with Gasteiger partial charge in [0.05, 0.1) is 12.1 Å². The summed E-state index contributed by atoms with van der Waals surface area (Å²) in [5, 5.41) is 1.75. The van der Waals surface area contributed by atoms with Crippen molar-refractivity contribution >= 4 is 27.5 Å². The molecule has 1 saturated heterocycles. The topological polar surface area (TPSA) is 64.3 Å². The molecule has 152 valence electrons. The van der Waals surface area contributed by atoms with Gasteiger partial charge in [-0.15, -0.1) is 11.3 Å². The molecule has 0 bridgehead atoms. The number of likely N-dealkylation sites (tertiary alicyclic amines) is 1. The molecule has 3 aromatic rings. The number of piperidine rings is 1. The average molecular weight is 415 g/mol. The van der Waals surface area contributed by atoms with Gasteiger partial charge >= 0.3 is 5.69 Å². The minimum Gasteiger partial charge on any atom is -0.338 e. The smallest absolute Gasteiger partial charge is 0.332 e. The number of fused-ring (bicyclic) bond motifs is 1. The second kappa shape index (κ2) is 7.94. The molecule has 4 rings (SSSR count). The van der Waals surface area contributed by atoms with E-state index in [1.165, 1.54) is 28.0 Å². The zero-order chi connectivity index (χ0) is 20.5. The molecule has 0 spiro atoms. The van der Waals surface area contributed by atoms with Gasteiger partial charge in [0.15, 0.2) is 0 Å². The fourth-order valence-corrected chi connectivity index (χ4v) is 4.74. The lowest BCUT2D eigenvalue weighted by Gasteiger charge is -2.33. The first-order valence-electron chi connectivity index (χ1n) is 9.70. The van der Waals surface area contributed by atoms with E-state index >= 15 is 0 Å². The molecular formula is C21H22FN3O3S. The number of thiophene rings is 1. The molecule has 0 aliphatic carbocycles. The fourth-order valence-electron chi connectivity index (χ4n) is 3.89. The van der Waals surface area contributed by atoms with E-state index < -0.39 is 5.69 Å². The number of carbonyl (C=O) groups is 1. The van der Waals surface area contributed by atoms with Gasteiger partial charge in [0.25, 0.3) is 5.56 Å². The Bertz CT molecular complexity index is 1160. The molecule has 6 nitrogen and oxygen atoms in total. The number of hydrogen-bond donors (Lipinski definition) is 0. The van der Waals surface area contributed by atoms with Gasteiger partial charge in [-0.2, -0.15) is 0 Å². The van der Waals surface area contributed by atoms with Crippen LogP contribution in [-0.2, 0) is 17.9 Å². The average Bonchev–Trinajstić information content (AvgIpc) is 3.20. The SMILES string of the molecule is CC1CCCCN1C(=O)Cn1c(=O)n(Cc2ccc(F)cc2)c(=O)c2sccc21. The summed E-state index contributed by atoms with van der Waals surface area (Å²) in [6, 6.07) is 7.54. The van der Waals surface area contributed by atoms with Crippen LogP contribution in [0.5, 0.6) is 0 Å². The van der Waals surface area contributed by atoms with Gasteiger partial charge in [-0.3, -0.25) is 18.7 Å². The largest absolute Gasteiger partial charge is 0.338 e. The van der Waals surface area contributed by atoms with Crippen LogP contribution in [0.25, 0.3) is 10.2 Å². The van der Waals surface area contributed by atoms with Crippen molar-refractivity contribution in [1.82, 2.24) is 14.0 Å². The summed E-state index contributed by atoms with van der Waals surface area (Å²) < 4.78 is 16.1. The first-order valence-corrected chi connectivity index (χ1v) is 10.6. The monoisotopic (exact) mass is 415 g/mol. The molecule has 8 heteroatoms. The molecule has 0 radical (unpaired) electrons. The Hall–Kier alpha value is -2.74. The first kappa shape index (κ1) is 19.6. The zero-order valence-electron chi connectivity index (χ0n) is 16.1. The third-order valence-corrected chi connectivity index (χ3v) is 6.40. The zero-order valence-corrected chi connectivity index (χ0v) is 17.0. The maximum atomic E-state index is 13.2. The van der Waals surface area contributed by atoms with Gasteiger partial charge in [-0.05, 0) is 55.3 Å². The van der Waals surface area contributed by atoms with E-state index in [0.29, 0.717) is 22.3 Å². The van der Waals surface area contributed by atoms with Gasteiger partial charge in [0.1, 0.15) is 17.1 Å². The Labute approximate surface area is 170 Å². The van der Waals surface area contributed by atoms with Gasteiger partial charge in [0, 0.05) is 12.6 Å². The molecule has 0 N–H and O–H groups in total. The van der Waals surface area contributed by atoms with Crippen molar-refractivity contribution in [3.05, 3.63) is 67.9 Å². The van der Waals surface area contributed by atoms with Crippen LogP contribution in [0.2, 0.25) is 0 Å². The lowest BCUT2D eigenvalue weighted by molar-refractivity contribution is -0.135. The van der Waals surface area contributed by atoms with E-state index in [0.717, 1.165) is 23.8 Å². The second-order valence-electron chi connectivity index (χ2n) is 7.45. The van der Waals surface area contributed by atoms with Crippen molar-refractivity contribution in [3.8, 4) is 0 Å². The van der Waals surface area contributed by atoms with Gasteiger partial charge < -0.3 is 4.90 Å². The number of rotatable bonds is 4. The number of aromatic nitrogens is 2. The van der Waals surface area contributed by atoms with Crippen molar-refractivity contribution in [2.75, 3.05) is 6.54 Å². The maximum Gasteiger partial charge on any atom is 0.332 e. The van der Waals surface area contributed by atoms with Crippen LogP contribution in [0.4, 0.5) is 4.39 Å². The summed E-state index contributed by atoms with van der Waals surface area (Å²) in [5.74, 6) is -0.493. The molecule has 2 aromatic heterocycles. The Morgan fingerprint density at radius 3 is 2.62 bits per heavy atom. The van der Waals surface area contributed by atoms with Crippen molar-refractivity contribution in [2.24, 2.45) is 0 Å². The summed E-state index contributed by atoms with van der Waals surface area (Å²) in [6.07, 6.45) is 3.02. The maximum absolute atomic E-state index is 13.2. The van der Waals surface area contributed by atoms with Crippen LogP contribution in [-0.4, -0.2) is 32.5 Å². The molecule has 1 aliphatic heterocycles. The van der Waals surface area contributed by atoms with Crippen LogP contribution in [0.3, 0.4) is 0 Å². The molecule has 1 aliphatic rings. The van der Waals surface area contributed by atoms with Crippen LogP contribution in [0, 0.1) is 5.82 Å². The third-order valence-electron chi connectivity index (χ3n) is 5.51. The Morgan fingerprint density at radius 1 is 1.14 bits per heavy atom. The fraction of sp³-hybridized carbons (Fsp3) is 0.381. The first-order chi connectivity index (χ1) is 14.0. The van der Waals surface area contributed by atoms with E-state index in [4.69, 9.17) is 0 Å². The van der Waals surface area contributed by atoms with Crippen LogP contribution in [0.1, 0.15) is 31.7 Å². The van der Waals surface area contributed by atoms with Crippen molar-refractivity contribution < 1.29 is 9.18 Å². The van der Waals surface area contributed by atoms with Gasteiger partial charge in [-0.25, -0.2) is 9.18 Å². The van der Waals surface area contributed by atoms with Crippen LogP contribution in [0.15, 0.2) is 45.3 Å². The molecule has 1 unspecified atom stereocenters. The van der Waals surface area contributed by atoms with Crippen molar-refractivity contribution in [1.29, 1.82) is 0 Å². The Kier molecular flexibility index (Phi) is 5.36. The molecule has 3 heterocycles. The minimum absolute atomic E-state index is 0.0279. The number of amides is 1. The predicted octanol–water partition coefficient (Wildman–Crippen LogP) is 2.81. The normalized spacial score (nSPS) is 17.0. The predicted molar refractivity (Wildman–Crippen MR) is 111 cm³/mol. The highest BCUT2D eigenvalue weighted by atomic mass is 32.1. The molecule has 1 atom stereocenters. The summed E-state index contributed by atoms with van der Waals surface area (Å²) in [6.45, 7) is 2.65. The Morgan fingerprint density at radius 2 is 1.90 bits per heavy atom. The van der Waals surface area contributed by atoms with Crippen molar-refractivity contribution in [2.45, 2.75) is 45.3 Å². The molecule has 1 aromatic carbocycles. The van der Waals surface area contributed by atoms with Crippen LogP contribution < -0.4 is 11.2 Å². The highest BCUT2D eigenvalue weighted by molar-refractivity contribution is 7.17. The number of benzene rings is 1. The number of hydrogen-bond acceptors (Lipinski definition) is 4. The molecule has 1 fully saturated rings. The second-order valence-corrected chi connectivity index (χ2v) is 8.37. The number of halogens is 1. The Balaban J connectivity index is 1.74. The molecule has 0 saturated carbocycles. The number of nitrogens with zero attached hydrogens (tertiary/aromatic N) is 3. The van der Waals surface area contributed by atoms with E-state index in [2.05, 4.69) is 0 Å². The quantitative estimate of drug-likeness (QED) is 0.658. The molecule has 1 amide bonds. The van der Waals surface area contributed by atoms with E-state index in [9.17, 15) is 18.8 Å². The van der Waals surface area contributed by atoms with E-state index in [1.807, 2.05) is 11.8 Å². The van der Waals surface area contributed by atoms with E-state index in [-0.39, 0.29) is 36.4 Å². The van der Waals surface area contributed by atoms with E-state index in [1.54, 1.807) is 23.6 Å². The molecular weight excluding hydrogens is 393 g/mol.